The third-order valence-electron chi connectivity index (χ3n) is 2.35. The minimum Gasteiger partial charge on any atom is -0.330 e. The first-order valence-corrected chi connectivity index (χ1v) is 5.54. The summed E-state index contributed by atoms with van der Waals surface area (Å²) in [5.74, 6) is -0.835. The Bertz CT molecular complexity index is 636. The van der Waals surface area contributed by atoms with Crippen molar-refractivity contribution >= 4 is 29.1 Å². The SMILES string of the molecule is Cc1noc(NC(=O)c2ccc(Cl)cc2)c1[N+](=O)[O-]. The molecule has 0 atom stereocenters. The molecule has 19 heavy (non-hydrogen) atoms. The van der Waals surface area contributed by atoms with Crippen LogP contribution in [-0.2, 0) is 0 Å². The van der Waals surface area contributed by atoms with Gasteiger partial charge in [0.1, 0.15) is 0 Å². The van der Waals surface area contributed by atoms with E-state index >= 15 is 0 Å². The molecule has 1 aromatic heterocycles. The molecule has 0 radical (unpaired) electrons. The van der Waals surface area contributed by atoms with Gasteiger partial charge in [-0.3, -0.25) is 20.2 Å². The lowest BCUT2D eigenvalue weighted by Crippen LogP contribution is -2.12. The van der Waals surface area contributed by atoms with E-state index < -0.39 is 10.8 Å². The number of anilines is 1. The van der Waals surface area contributed by atoms with E-state index in [9.17, 15) is 14.9 Å². The van der Waals surface area contributed by atoms with Crippen LogP contribution in [0.4, 0.5) is 11.6 Å². The molecule has 1 aromatic carbocycles. The van der Waals surface area contributed by atoms with E-state index in [1.54, 1.807) is 0 Å². The van der Waals surface area contributed by atoms with E-state index in [1.165, 1.54) is 31.2 Å². The van der Waals surface area contributed by atoms with Crippen molar-refractivity contribution in [1.82, 2.24) is 5.16 Å². The fraction of sp³-hybridized carbons (Fsp3) is 0.0909. The number of rotatable bonds is 3. The van der Waals surface area contributed by atoms with Crippen molar-refractivity contribution in [2.75, 3.05) is 5.32 Å². The van der Waals surface area contributed by atoms with Gasteiger partial charge in [0.2, 0.25) is 0 Å². The predicted octanol–water partition coefficient (Wildman–Crippen LogP) is 2.80. The van der Waals surface area contributed by atoms with Gasteiger partial charge in [0.25, 0.3) is 5.91 Å². The topological polar surface area (TPSA) is 98.3 Å². The van der Waals surface area contributed by atoms with Crippen LogP contribution >= 0.6 is 11.6 Å². The van der Waals surface area contributed by atoms with E-state index in [0.29, 0.717) is 10.6 Å². The molecule has 0 saturated heterocycles. The standard InChI is InChI=1S/C11H8ClN3O4/c1-6-9(15(17)18)11(19-14-6)13-10(16)7-2-4-8(12)5-3-7/h2-5H,1H3,(H,13,16). The summed E-state index contributed by atoms with van der Waals surface area (Å²) in [7, 11) is 0. The van der Waals surface area contributed by atoms with Gasteiger partial charge < -0.3 is 4.52 Å². The highest BCUT2D eigenvalue weighted by atomic mass is 35.5. The molecule has 1 N–H and O–H groups in total. The van der Waals surface area contributed by atoms with Crippen LogP contribution in [0, 0.1) is 17.0 Å². The summed E-state index contributed by atoms with van der Waals surface area (Å²) in [5, 5.41) is 17.0. The summed E-state index contributed by atoms with van der Waals surface area (Å²) in [4.78, 5) is 22.0. The minimum absolute atomic E-state index is 0.0939. The maximum absolute atomic E-state index is 11.8. The number of amides is 1. The van der Waals surface area contributed by atoms with E-state index in [4.69, 9.17) is 16.1 Å². The van der Waals surface area contributed by atoms with E-state index in [-0.39, 0.29) is 17.3 Å². The molecule has 0 fully saturated rings. The highest BCUT2D eigenvalue weighted by Crippen LogP contribution is 2.28. The van der Waals surface area contributed by atoms with Crippen LogP contribution in [0.5, 0.6) is 0 Å². The van der Waals surface area contributed by atoms with E-state index in [0.717, 1.165) is 0 Å². The molecule has 98 valence electrons. The molecule has 0 aliphatic heterocycles. The zero-order chi connectivity index (χ0) is 14.0. The summed E-state index contributed by atoms with van der Waals surface area (Å²) in [6.07, 6.45) is 0. The largest absolute Gasteiger partial charge is 0.356 e. The quantitative estimate of drug-likeness (QED) is 0.689. The number of halogens is 1. The van der Waals surface area contributed by atoms with Crippen LogP contribution in [0.25, 0.3) is 0 Å². The fourth-order valence-corrected chi connectivity index (χ4v) is 1.56. The minimum atomic E-state index is -0.663. The van der Waals surface area contributed by atoms with Crippen molar-refractivity contribution in [2.45, 2.75) is 6.92 Å². The molecular weight excluding hydrogens is 274 g/mol. The lowest BCUT2D eigenvalue weighted by molar-refractivity contribution is -0.384. The maximum atomic E-state index is 11.8. The van der Waals surface area contributed by atoms with Crippen molar-refractivity contribution < 1.29 is 14.2 Å². The number of aromatic nitrogens is 1. The second-order valence-electron chi connectivity index (χ2n) is 3.66. The molecule has 0 bridgehead atoms. The van der Waals surface area contributed by atoms with Gasteiger partial charge in [-0.05, 0) is 31.2 Å². The first kappa shape index (κ1) is 13.0. The highest BCUT2D eigenvalue weighted by molar-refractivity contribution is 6.30. The summed E-state index contributed by atoms with van der Waals surface area (Å²) in [5.41, 5.74) is 0.0338. The van der Waals surface area contributed by atoms with Gasteiger partial charge in [-0.1, -0.05) is 16.8 Å². The smallest absolute Gasteiger partial charge is 0.330 e. The molecule has 1 amide bonds. The van der Waals surface area contributed by atoms with Crippen molar-refractivity contribution in [2.24, 2.45) is 0 Å². The van der Waals surface area contributed by atoms with Crippen LogP contribution in [0.3, 0.4) is 0 Å². The zero-order valence-corrected chi connectivity index (χ0v) is 10.5. The summed E-state index contributed by atoms with van der Waals surface area (Å²) in [6.45, 7) is 1.42. The molecule has 8 heteroatoms. The number of nitro groups is 1. The second kappa shape index (κ2) is 5.07. The highest BCUT2D eigenvalue weighted by Gasteiger charge is 2.26. The van der Waals surface area contributed by atoms with E-state index in [1.807, 2.05) is 0 Å². The normalized spacial score (nSPS) is 10.2. The molecule has 0 aliphatic rings. The first-order chi connectivity index (χ1) is 8.99. The summed E-state index contributed by atoms with van der Waals surface area (Å²) >= 11 is 5.70. The average molecular weight is 282 g/mol. The molecule has 0 spiro atoms. The van der Waals surface area contributed by atoms with Crippen LogP contribution < -0.4 is 5.32 Å². The Morgan fingerprint density at radius 2 is 2.05 bits per heavy atom. The Morgan fingerprint density at radius 3 is 2.63 bits per heavy atom. The number of hydrogen-bond donors (Lipinski definition) is 1. The predicted molar refractivity (Wildman–Crippen MR) is 67.3 cm³/mol. The summed E-state index contributed by atoms with van der Waals surface area (Å²) < 4.78 is 4.72. The Balaban J connectivity index is 2.24. The van der Waals surface area contributed by atoms with Crippen molar-refractivity contribution in [3.63, 3.8) is 0 Å². The molecule has 7 nitrogen and oxygen atoms in total. The van der Waals surface area contributed by atoms with Crippen LogP contribution in [0.15, 0.2) is 28.8 Å². The maximum Gasteiger partial charge on any atom is 0.356 e. The van der Waals surface area contributed by atoms with Crippen LogP contribution in [0.2, 0.25) is 5.02 Å². The van der Waals surface area contributed by atoms with Crippen LogP contribution in [0.1, 0.15) is 16.1 Å². The molecule has 0 saturated carbocycles. The van der Waals surface area contributed by atoms with Gasteiger partial charge in [0, 0.05) is 10.6 Å². The van der Waals surface area contributed by atoms with Gasteiger partial charge in [0.15, 0.2) is 5.69 Å². The average Bonchev–Trinajstić information content (AvgIpc) is 2.71. The summed E-state index contributed by atoms with van der Waals surface area (Å²) in [6, 6.07) is 6.06. The Morgan fingerprint density at radius 1 is 1.42 bits per heavy atom. The van der Waals surface area contributed by atoms with Crippen molar-refractivity contribution in [3.05, 3.63) is 50.7 Å². The molecule has 2 aromatic rings. The van der Waals surface area contributed by atoms with Gasteiger partial charge in [-0.25, -0.2) is 0 Å². The van der Waals surface area contributed by atoms with E-state index in [2.05, 4.69) is 10.5 Å². The van der Waals surface area contributed by atoms with Crippen molar-refractivity contribution in [1.29, 1.82) is 0 Å². The zero-order valence-electron chi connectivity index (χ0n) is 9.71. The molecular formula is C11H8ClN3O4. The van der Waals surface area contributed by atoms with Gasteiger partial charge in [0.05, 0.1) is 4.92 Å². The van der Waals surface area contributed by atoms with Crippen molar-refractivity contribution in [3.8, 4) is 0 Å². The van der Waals surface area contributed by atoms with Crippen LogP contribution in [-0.4, -0.2) is 16.0 Å². The monoisotopic (exact) mass is 281 g/mol. The number of aryl methyl sites for hydroxylation is 1. The molecule has 0 unspecified atom stereocenters. The lowest BCUT2D eigenvalue weighted by atomic mass is 10.2. The second-order valence-corrected chi connectivity index (χ2v) is 4.10. The Kier molecular flexibility index (Phi) is 3.48. The number of carbonyl (C=O) groups is 1. The van der Waals surface area contributed by atoms with Gasteiger partial charge >= 0.3 is 11.6 Å². The number of carbonyl (C=O) groups excluding carboxylic acids is 1. The fourth-order valence-electron chi connectivity index (χ4n) is 1.44. The molecule has 2 rings (SSSR count). The molecule has 1 heterocycles. The molecule has 0 aliphatic carbocycles. The third kappa shape index (κ3) is 2.71. The number of nitrogens with one attached hydrogen (secondary N) is 1. The number of benzene rings is 1. The first-order valence-electron chi connectivity index (χ1n) is 5.16. The third-order valence-corrected chi connectivity index (χ3v) is 2.60. The number of nitrogens with zero attached hydrogens (tertiary/aromatic N) is 2. The van der Waals surface area contributed by atoms with Gasteiger partial charge in [-0.2, -0.15) is 0 Å². The Hall–Kier alpha value is -2.41. The Labute approximate surface area is 112 Å². The number of hydrogen-bond acceptors (Lipinski definition) is 5. The van der Waals surface area contributed by atoms with Gasteiger partial charge in [-0.15, -0.1) is 0 Å². The lowest BCUT2D eigenvalue weighted by Gasteiger charge is -2.01.